The van der Waals surface area contributed by atoms with Crippen LogP contribution in [0.4, 0.5) is 0 Å². The van der Waals surface area contributed by atoms with E-state index in [1.807, 2.05) is 19.4 Å². The Morgan fingerprint density at radius 3 is 2.83 bits per heavy atom. The summed E-state index contributed by atoms with van der Waals surface area (Å²) in [6.07, 6.45) is 7.14. The summed E-state index contributed by atoms with van der Waals surface area (Å²) in [5, 5.41) is 12.3. The number of likely N-dealkylation sites (tertiary alicyclic amines) is 1. The minimum atomic E-state index is -0.255. The van der Waals surface area contributed by atoms with Gasteiger partial charge in [-0.1, -0.05) is 0 Å². The van der Waals surface area contributed by atoms with E-state index in [1.165, 1.54) is 11.3 Å². The molecule has 7 rings (SSSR count). The Balaban J connectivity index is 1.13. The molecule has 2 unspecified atom stereocenters. The van der Waals surface area contributed by atoms with Crippen molar-refractivity contribution in [3.8, 4) is 10.4 Å². The van der Waals surface area contributed by atoms with Gasteiger partial charge in [0.05, 0.1) is 35.4 Å². The van der Waals surface area contributed by atoms with Crippen molar-refractivity contribution < 1.29 is 9.53 Å². The van der Waals surface area contributed by atoms with E-state index < -0.39 is 0 Å². The highest BCUT2D eigenvalue weighted by molar-refractivity contribution is 7.21. The number of carbonyl (C=O) groups excluding carboxylic acids is 1. The molecule has 2 saturated heterocycles. The second kappa shape index (κ2) is 8.22. The molecule has 5 aromatic heterocycles. The Morgan fingerprint density at radius 2 is 2.06 bits per heavy atom. The van der Waals surface area contributed by atoms with Crippen LogP contribution in [0, 0.1) is 11.8 Å². The normalized spacial score (nSPS) is 20.1. The van der Waals surface area contributed by atoms with Crippen LogP contribution in [-0.2, 0) is 11.8 Å². The molecule has 36 heavy (non-hydrogen) atoms. The molecule has 2 fully saturated rings. The fraction of sp³-hybridized carbons (Fsp3) is 0.375. The number of aromatic nitrogens is 6. The van der Waals surface area contributed by atoms with Crippen LogP contribution < -0.4 is 10.9 Å². The zero-order chi connectivity index (χ0) is 24.4. The first-order chi connectivity index (χ1) is 17.5. The third-order valence-corrected chi connectivity index (χ3v) is 8.33. The number of thiazole rings is 1. The van der Waals surface area contributed by atoms with Crippen LogP contribution in [0.2, 0.25) is 0 Å². The number of hydrogen-bond acceptors (Lipinski definition) is 8. The molecular formula is C24H24N8O3S. The third-order valence-electron chi connectivity index (χ3n) is 7.18. The van der Waals surface area contributed by atoms with E-state index >= 15 is 0 Å². The summed E-state index contributed by atoms with van der Waals surface area (Å²) >= 11 is 1.48. The topological polar surface area (TPSA) is 122 Å². The number of nitrogens with one attached hydrogen (secondary N) is 2. The first kappa shape index (κ1) is 21.7. The average Bonchev–Trinajstić information content (AvgIpc) is 3.64. The molecule has 0 aromatic carbocycles. The number of amides is 1. The van der Waals surface area contributed by atoms with E-state index in [2.05, 4.69) is 30.4 Å². The molecule has 11 nitrogen and oxygen atoms in total. The second-order valence-corrected chi connectivity index (χ2v) is 10.6. The predicted molar refractivity (Wildman–Crippen MR) is 135 cm³/mol. The molecule has 0 saturated carbocycles. The summed E-state index contributed by atoms with van der Waals surface area (Å²) in [6.45, 7) is 5.12. The van der Waals surface area contributed by atoms with Crippen molar-refractivity contribution in [3.05, 3.63) is 46.8 Å². The number of hydrogen-bond donors (Lipinski definition) is 2. The Bertz CT molecular complexity index is 1690. The SMILES string of the molecule is Cn1cc(-c2cn3nc4c5ncc(C(=O)NCCN6CC7COCC7C6)cc5[nH]c(=O)c4c3s2)cn1. The fourth-order valence-electron chi connectivity index (χ4n) is 5.35. The van der Waals surface area contributed by atoms with E-state index in [0.29, 0.717) is 45.9 Å². The molecule has 1 amide bonds. The largest absolute Gasteiger partial charge is 0.381 e. The summed E-state index contributed by atoms with van der Waals surface area (Å²) in [5.74, 6) is 1.04. The molecule has 184 valence electrons. The van der Waals surface area contributed by atoms with Crippen LogP contribution in [0.25, 0.3) is 37.2 Å². The first-order valence-corrected chi connectivity index (χ1v) is 12.8. The van der Waals surface area contributed by atoms with Crippen molar-refractivity contribution in [1.82, 2.24) is 39.6 Å². The molecule has 0 aliphatic carbocycles. The summed E-state index contributed by atoms with van der Waals surface area (Å²) in [4.78, 5) is 37.3. The van der Waals surface area contributed by atoms with Crippen LogP contribution in [-0.4, -0.2) is 79.6 Å². The molecule has 2 atom stereocenters. The average molecular weight is 505 g/mol. The van der Waals surface area contributed by atoms with Crippen molar-refractivity contribution in [2.45, 2.75) is 0 Å². The van der Waals surface area contributed by atoms with Gasteiger partial charge in [-0.2, -0.15) is 10.2 Å². The van der Waals surface area contributed by atoms with Gasteiger partial charge >= 0.3 is 0 Å². The molecule has 2 N–H and O–H groups in total. The van der Waals surface area contributed by atoms with Gasteiger partial charge < -0.3 is 19.9 Å². The van der Waals surface area contributed by atoms with Crippen molar-refractivity contribution in [2.75, 3.05) is 39.4 Å². The van der Waals surface area contributed by atoms with Crippen LogP contribution in [0.5, 0.6) is 0 Å². The quantitative estimate of drug-likeness (QED) is 0.372. The van der Waals surface area contributed by atoms with Gasteiger partial charge in [-0.25, -0.2) is 4.52 Å². The van der Waals surface area contributed by atoms with Gasteiger partial charge in [-0.05, 0) is 6.07 Å². The number of ether oxygens (including phenoxy) is 1. The number of fused-ring (bicyclic) bond motifs is 6. The number of rotatable bonds is 5. The van der Waals surface area contributed by atoms with Crippen molar-refractivity contribution in [3.63, 3.8) is 0 Å². The summed E-state index contributed by atoms with van der Waals surface area (Å²) in [6, 6.07) is 1.67. The maximum absolute atomic E-state index is 13.0. The molecular weight excluding hydrogens is 480 g/mol. The lowest BCUT2D eigenvalue weighted by atomic mass is 10.0. The maximum Gasteiger partial charge on any atom is 0.261 e. The summed E-state index contributed by atoms with van der Waals surface area (Å²) in [7, 11) is 1.86. The minimum Gasteiger partial charge on any atom is -0.381 e. The highest BCUT2D eigenvalue weighted by Crippen LogP contribution is 2.33. The number of nitrogens with zero attached hydrogens (tertiary/aromatic N) is 6. The van der Waals surface area contributed by atoms with Gasteiger partial charge in [0.2, 0.25) is 0 Å². The van der Waals surface area contributed by atoms with E-state index in [4.69, 9.17) is 4.74 Å². The molecule has 0 bridgehead atoms. The summed E-state index contributed by atoms with van der Waals surface area (Å²) < 4.78 is 8.98. The lowest BCUT2D eigenvalue weighted by Crippen LogP contribution is -2.34. The van der Waals surface area contributed by atoms with Gasteiger partial charge in [0.15, 0.2) is 0 Å². The molecule has 0 radical (unpaired) electrons. The van der Waals surface area contributed by atoms with E-state index in [1.54, 1.807) is 27.7 Å². The first-order valence-electron chi connectivity index (χ1n) is 11.9. The predicted octanol–water partition coefficient (Wildman–Crippen LogP) is 1.49. The van der Waals surface area contributed by atoms with Gasteiger partial charge in [-0.15, -0.1) is 11.3 Å². The lowest BCUT2D eigenvalue weighted by Gasteiger charge is -2.17. The van der Waals surface area contributed by atoms with E-state index in [0.717, 1.165) is 48.1 Å². The van der Waals surface area contributed by atoms with Crippen LogP contribution >= 0.6 is 11.3 Å². The minimum absolute atomic E-state index is 0.208. The summed E-state index contributed by atoms with van der Waals surface area (Å²) in [5.41, 5.74) is 2.69. The van der Waals surface area contributed by atoms with Crippen LogP contribution in [0.3, 0.4) is 0 Å². The number of carbonyl (C=O) groups is 1. The number of H-pyrrole nitrogens is 1. The monoisotopic (exact) mass is 504 g/mol. The zero-order valence-electron chi connectivity index (χ0n) is 19.6. The highest BCUT2D eigenvalue weighted by Gasteiger charge is 2.36. The zero-order valence-corrected chi connectivity index (χ0v) is 20.4. The van der Waals surface area contributed by atoms with E-state index in [-0.39, 0.29) is 11.5 Å². The van der Waals surface area contributed by atoms with Crippen LogP contribution in [0.15, 0.2) is 35.6 Å². The van der Waals surface area contributed by atoms with Crippen molar-refractivity contribution >= 4 is 44.0 Å². The number of aryl methyl sites for hydroxylation is 1. The third kappa shape index (κ3) is 3.52. The molecule has 2 aliphatic heterocycles. The highest BCUT2D eigenvalue weighted by atomic mass is 32.1. The van der Waals surface area contributed by atoms with Crippen molar-refractivity contribution in [1.29, 1.82) is 0 Å². The van der Waals surface area contributed by atoms with Gasteiger partial charge in [0, 0.05) is 69.2 Å². The Hall–Kier alpha value is -3.61. The lowest BCUT2D eigenvalue weighted by molar-refractivity contribution is 0.0947. The molecule has 7 heterocycles. The van der Waals surface area contributed by atoms with Crippen molar-refractivity contribution in [2.24, 2.45) is 18.9 Å². The fourth-order valence-corrected chi connectivity index (χ4v) is 6.42. The number of aromatic amines is 1. The van der Waals surface area contributed by atoms with Gasteiger partial charge in [0.25, 0.3) is 11.5 Å². The van der Waals surface area contributed by atoms with Gasteiger partial charge in [0.1, 0.15) is 21.3 Å². The smallest absolute Gasteiger partial charge is 0.261 e. The molecule has 5 aromatic rings. The molecule has 0 spiro atoms. The van der Waals surface area contributed by atoms with E-state index in [9.17, 15) is 9.59 Å². The molecule has 2 aliphatic rings. The van der Waals surface area contributed by atoms with Crippen LogP contribution in [0.1, 0.15) is 10.4 Å². The standard InChI is InChI=1S/C24H24N8O3S/c1-30-7-14(6-27-30)18-10-32-24(36-18)19-21(29-32)20-17(28-23(19)34)4-13(5-26-20)22(33)25-2-3-31-8-15-11-35-12-16(15)9-31/h4-7,10,15-16H,2-3,8-9,11-12H2,1H3,(H,25,33)(H,28,34). The number of pyridine rings is 2. The Morgan fingerprint density at radius 1 is 1.22 bits per heavy atom. The Kier molecular flexibility index (Phi) is 4.94. The Labute approximate surface area is 208 Å². The van der Waals surface area contributed by atoms with Gasteiger partial charge in [-0.3, -0.25) is 19.3 Å². The second-order valence-electron chi connectivity index (χ2n) is 9.62. The molecule has 12 heteroatoms. The maximum atomic E-state index is 13.0.